The highest BCUT2D eigenvalue weighted by molar-refractivity contribution is 6.06. The largest absolute Gasteiger partial charge is 0.504 e. The molecule has 5 rings (SSSR count). The summed E-state index contributed by atoms with van der Waals surface area (Å²) in [4.78, 5) is 0. The molecule has 116 valence electrons. The SMILES string of the molecule is Oc1ccc2cc3cc4cc5c(cc4cc3cc2c1O)CC=CC5. The number of fused-ring (bicyclic) bond motifs is 4. The number of benzene rings is 4. The lowest BCUT2D eigenvalue weighted by atomic mass is 9.91. The average molecular weight is 312 g/mol. The zero-order chi connectivity index (χ0) is 16.3. The van der Waals surface area contributed by atoms with Crippen LogP contribution in [0.1, 0.15) is 11.1 Å². The van der Waals surface area contributed by atoms with Crippen LogP contribution in [0.4, 0.5) is 0 Å². The molecule has 0 atom stereocenters. The number of allylic oxidation sites excluding steroid dienone is 2. The van der Waals surface area contributed by atoms with Crippen molar-refractivity contribution in [3.8, 4) is 11.5 Å². The Morgan fingerprint density at radius 1 is 0.583 bits per heavy atom. The fourth-order valence-electron chi connectivity index (χ4n) is 3.74. The second-order valence-corrected chi connectivity index (χ2v) is 6.55. The van der Waals surface area contributed by atoms with Gasteiger partial charge in [-0.05, 0) is 81.2 Å². The van der Waals surface area contributed by atoms with Gasteiger partial charge in [-0.25, -0.2) is 0 Å². The molecule has 24 heavy (non-hydrogen) atoms. The highest BCUT2D eigenvalue weighted by atomic mass is 16.3. The summed E-state index contributed by atoms with van der Waals surface area (Å²) < 4.78 is 0. The molecule has 2 heteroatoms. The average Bonchev–Trinajstić information content (AvgIpc) is 2.60. The lowest BCUT2D eigenvalue weighted by Gasteiger charge is -2.13. The van der Waals surface area contributed by atoms with Gasteiger partial charge in [0.2, 0.25) is 0 Å². The van der Waals surface area contributed by atoms with Crippen molar-refractivity contribution >= 4 is 32.3 Å². The standard InChI is InChI=1S/C22H16O2/c23-21-6-5-15-9-18-10-16-7-13-3-1-2-4-14(13)8-17(16)11-19(18)12-20(15)22(21)24/h1-2,5-12,23-24H,3-4H2. The molecule has 0 amide bonds. The van der Waals surface area contributed by atoms with Gasteiger partial charge in [0.25, 0.3) is 0 Å². The Balaban J connectivity index is 1.85. The number of hydrogen-bond acceptors (Lipinski definition) is 2. The molecule has 0 saturated carbocycles. The maximum absolute atomic E-state index is 10.1. The molecule has 0 radical (unpaired) electrons. The molecular formula is C22H16O2. The number of aromatic hydroxyl groups is 2. The fourth-order valence-corrected chi connectivity index (χ4v) is 3.74. The Labute approximate surface area is 139 Å². The summed E-state index contributed by atoms with van der Waals surface area (Å²) in [6.45, 7) is 0. The van der Waals surface area contributed by atoms with Crippen molar-refractivity contribution in [3.63, 3.8) is 0 Å². The van der Waals surface area contributed by atoms with Crippen LogP contribution in [0.25, 0.3) is 32.3 Å². The Kier molecular flexibility index (Phi) is 2.66. The molecule has 0 saturated heterocycles. The normalized spacial score (nSPS) is 13.7. The van der Waals surface area contributed by atoms with Crippen molar-refractivity contribution in [2.75, 3.05) is 0 Å². The molecule has 0 bridgehead atoms. The molecular weight excluding hydrogens is 296 g/mol. The number of phenols is 2. The molecule has 2 nitrogen and oxygen atoms in total. The summed E-state index contributed by atoms with van der Waals surface area (Å²) in [6.07, 6.45) is 6.46. The highest BCUT2D eigenvalue weighted by Crippen LogP contribution is 2.37. The molecule has 2 N–H and O–H groups in total. The van der Waals surface area contributed by atoms with Crippen LogP contribution in [0.2, 0.25) is 0 Å². The van der Waals surface area contributed by atoms with E-state index in [1.807, 2.05) is 12.1 Å². The van der Waals surface area contributed by atoms with Gasteiger partial charge in [-0.1, -0.05) is 30.4 Å². The summed E-state index contributed by atoms with van der Waals surface area (Å²) in [5, 5.41) is 26.2. The fraction of sp³-hybridized carbons (Fsp3) is 0.0909. The van der Waals surface area contributed by atoms with Crippen molar-refractivity contribution in [1.29, 1.82) is 0 Å². The smallest absolute Gasteiger partial charge is 0.165 e. The van der Waals surface area contributed by atoms with E-state index in [9.17, 15) is 10.2 Å². The van der Waals surface area contributed by atoms with Crippen LogP contribution < -0.4 is 0 Å². The molecule has 0 unspecified atom stereocenters. The van der Waals surface area contributed by atoms with E-state index in [4.69, 9.17) is 0 Å². The van der Waals surface area contributed by atoms with Crippen molar-refractivity contribution in [1.82, 2.24) is 0 Å². The molecule has 0 heterocycles. The monoisotopic (exact) mass is 312 g/mol. The first-order chi connectivity index (χ1) is 11.7. The summed E-state index contributed by atoms with van der Waals surface area (Å²) >= 11 is 0. The molecule has 0 aliphatic heterocycles. The van der Waals surface area contributed by atoms with E-state index in [2.05, 4.69) is 42.5 Å². The topological polar surface area (TPSA) is 40.5 Å². The maximum atomic E-state index is 10.1. The van der Waals surface area contributed by atoms with Crippen LogP contribution in [-0.4, -0.2) is 10.2 Å². The van der Waals surface area contributed by atoms with Gasteiger partial charge in [0, 0.05) is 5.39 Å². The maximum Gasteiger partial charge on any atom is 0.165 e. The third-order valence-electron chi connectivity index (χ3n) is 5.04. The lowest BCUT2D eigenvalue weighted by Crippen LogP contribution is -1.97. The van der Waals surface area contributed by atoms with Crippen LogP contribution >= 0.6 is 0 Å². The van der Waals surface area contributed by atoms with Gasteiger partial charge in [-0.3, -0.25) is 0 Å². The first kappa shape index (κ1) is 13.4. The first-order valence-electron chi connectivity index (χ1n) is 8.18. The second kappa shape index (κ2) is 4.75. The Morgan fingerprint density at radius 3 is 1.79 bits per heavy atom. The number of phenolic OH excluding ortho intramolecular Hbond substituents is 2. The summed E-state index contributed by atoms with van der Waals surface area (Å²) in [6, 6.07) is 16.4. The van der Waals surface area contributed by atoms with Gasteiger partial charge >= 0.3 is 0 Å². The van der Waals surface area contributed by atoms with E-state index < -0.39 is 0 Å². The minimum atomic E-state index is -0.0801. The minimum Gasteiger partial charge on any atom is -0.504 e. The van der Waals surface area contributed by atoms with E-state index in [1.165, 1.54) is 28.0 Å². The Bertz CT molecular complexity index is 1170. The van der Waals surface area contributed by atoms with Crippen molar-refractivity contribution in [2.45, 2.75) is 12.8 Å². The molecule has 4 aromatic rings. The summed E-state index contributed by atoms with van der Waals surface area (Å²) in [5.41, 5.74) is 2.80. The lowest BCUT2D eigenvalue weighted by molar-refractivity contribution is 0.408. The number of rotatable bonds is 0. The predicted molar refractivity (Wildman–Crippen MR) is 98.8 cm³/mol. The van der Waals surface area contributed by atoms with Gasteiger partial charge in [0.15, 0.2) is 11.5 Å². The number of hydrogen-bond donors (Lipinski definition) is 2. The van der Waals surface area contributed by atoms with E-state index in [-0.39, 0.29) is 11.5 Å². The highest BCUT2D eigenvalue weighted by Gasteiger charge is 2.10. The van der Waals surface area contributed by atoms with Crippen LogP contribution in [0.3, 0.4) is 0 Å². The molecule has 1 aliphatic rings. The van der Waals surface area contributed by atoms with E-state index in [0.29, 0.717) is 5.39 Å². The molecule has 0 fully saturated rings. The van der Waals surface area contributed by atoms with Gasteiger partial charge in [0.1, 0.15) is 0 Å². The van der Waals surface area contributed by atoms with E-state index in [0.717, 1.165) is 29.0 Å². The predicted octanol–water partition coefficient (Wildman–Crippen LogP) is 5.21. The molecule has 0 spiro atoms. The van der Waals surface area contributed by atoms with Gasteiger partial charge in [-0.2, -0.15) is 0 Å². The van der Waals surface area contributed by atoms with Gasteiger partial charge < -0.3 is 10.2 Å². The van der Waals surface area contributed by atoms with Gasteiger partial charge in [-0.15, -0.1) is 0 Å². The third kappa shape index (κ3) is 1.89. The zero-order valence-electron chi connectivity index (χ0n) is 13.1. The second-order valence-electron chi connectivity index (χ2n) is 6.55. The molecule has 1 aliphatic carbocycles. The van der Waals surface area contributed by atoms with E-state index in [1.54, 1.807) is 0 Å². The summed E-state index contributed by atoms with van der Waals surface area (Å²) in [5.74, 6) is -0.131. The van der Waals surface area contributed by atoms with Crippen LogP contribution in [0, 0.1) is 0 Å². The Morgan fingerprint density at radius 2 is 1.12 bits per heavy atom. The van der Waals surface area contributed by atoms with Crippen LogP contribution in [-0.2, 0) is 12.8 Å². The zero-order valence-corrected chi connectivity index (χ0v) is 13.1. The van der Waals surface area contributed by atoms with Crippen molar-refractivity contribution in [3.05, 3.63) is 71.8 Å². The first-order valence-corrected chi connectivity index (χ1v) is 8.18. The Hall–Kier alpha value is -3.00. The van der Waals surface area contributed by atoms with Crippen LogP contribution in [0.5, 0.6) is 11.5 Å². The minimum absolute atomic E-state index is 0.0509. The van der Waals surface area contributed by atoms with E-state index >= 15 is 0 Å². The van der Waals surface area contributed by atoms with Crippen molar-refractivity contribution < 1.29 is 10.2 Å². The summed E-state index contributed by atoms with van der Waals surface area (Å²) in [7, 11) is 0. The molecule has 0 aromatic heterocycles. The van der Waals surface area contributed by atoms with Gasteiger partial charge in [0.05, 0.1) is 0 Å². The van der Waals surface area contributed by atoms with Crippen LogP contribution in [0.15, 0.2) is 60.7 Å². The van der Waals surface area contributed by atoms with Crippen molar-refractivity contribution in [2.24, 2.45) is 0 Å². The molecule has 4 aromatic carbocycles. The third-order valence-corrected chi connectivity index (χ3v) is 5.04. The quantitative estimate of drug-likeness (QED) is 0.266.